The van der Waals surface area contributed by atoms with Gasteiger partial charge in [-0.2, -0.15) is 0 Å². The molecule has 0 radical (unpaired) electrons. The zero-order chi connectivity index (χ0) is 23.3. The predicted octanol–water partition coefficient (Wildman–Crippen LogP) is 5.36. The highest BCUT2D eigenvalue weighted by atomic mass is 32.1. The van der Waals surface area contributed by atoms with Gasteiger partial charge in [-0.1, -0.05) is 23.5 Å². The number of ether oxygens (including phenoxy) is 1. The fourth-order valence-corrected chi connectivity index (χ4v) is 5.12. The van der Waals surface area contributed by atoms with E-state index in [1.807, 2.05) is 42.5 Å². The molecule has 2 aromatic carbocycles. The van der Waals surface area contributed by atoms with E-state index in [-0.39, 0.29) is 0 Å². The quantitative estimate of drug-likeness (QED) is 0.369. The monoisotopic (exact) mass is 474 g/mol. The van der Waals surface area contributed by atoms with Crippen LogP contribution in [-0.2, 0) is 0 Å². The first-order valence-corrected chi connectivity index (χ1v) is 12.5. The molecule has 1 saturated heterocycles. The Bertz CT molecular complexity index is 1180. The van der Waals surface area contributed by atoms with Crippen molar-refractivity contribution in [3.8, 4) is 11.6 Å². The smallest absolute Gasteiger partial charge is 0.241 e. The maximum absolute atomic E-state index is 6.19. The number of likely N-dealkylation sites (tertiary alicyclic amines) is 1. The lowest BCUT2D eigenvalue weighted by Gasteiger charge is -2.32. The Balaban J connectivity index is 1.22. The van der Waals surface area contributed by atoms with Gasteiger partial charge in [0.1, 0.15) is 11.4 Å². The van der Waals surface area contributed by atoms with Gasteiger partial charge in [-0.05, 0) is 76.4 Å². The van der Waals surface area contributed by atoms with Crippen LogP contribution in [0.25, 0.3) is 10.2 Å². The summed E-state index contributed by atoms with van der Waals surface area (Å²) in [6, 6.07) is 16.1. The van der Waals surface area contributed by atoms with E-state index in [9.17, 15) is 0 Å². The first-order chi connectivity index (χ1) is 16.6. The molecule has 3 heterocycles. The van der Waals surface area contributed by atoms with Crippen molar-refractivity contribution in [3.05, 3.63) is 66.6 Å². The fourth-order valence-electron chi connectivity index (χ4n) is 4.23. The maximum Gasteiger partial charge on any atom is 0.241 e. The Morgan fingerprint density at radius 1 is 1.03 bits per heavy atom. The zero-order valence-corrected chi connectivity index (χ0v) is 20.5. The SMILES string of the molecule is CN(C)CCN1CCC(c2nccnc2Oc2ccc(Nc3nc4ccccc4s3)cc2)CC1. The molecule has 0 unspecified atom stereocenters. The molecule has 0 saturated carbocycles. The van der Waals surface area contributed by atoms with Gasteiger partial charge in [0.25, 0.3) is 0 Å². The molecule has 176 valence electrons. The van der Waals surface area contributed by atoms with Gasteiger partial charge in [-0.15, -0.1) is 0 Å². The summed E-state index contributed by atoms with van der Waals surface area (Å²) in [6.45, 7) is 4.37. The number of hydrogen-bond acceptors (Lipinski definition) is 8. The standard InChI is InChI=1S/C26H30N6OS/c1-31(2)17-18-32-15-11-19(12-16-32)24-25(28-14-13-27-24)33-21-9-7-20(8-10-21)29-26-30-22-5-3-4-6-23(22)34-26/h3-10,13-14,19H,11-12,15-18H2,1-2H3,(H,29,30). The summed E-state index contributed by atoms with van der Waals surface area (Å²) in [5, 5.41) is 4.26. The van der Waals surface area contributed by atoms with Gasteiger partial charge in [0.15, 0.2) is 5.13 Å². The molecule has 1 aliphatic rings. The summed E-state index contributed by atoms with van der Waals surface area (Å²) in [6.07, 6.45) is 5.63. The zero-order valence-electron chi connectivity index (χ0n) is 19.6. The molecule has 4 aromatic rings. The molecule has 2 aromatic heterocycles. The lowest BCUT2D eigenvalue weighted by Crippen LogP contribution is -2.37. The number of para-hydroxylation sites is 1. The van der Waals surface area contributed by atoms with Gasteiger partial charge in [-0.25, -0.2) is 9.97 Å². The van der Waals surface area contributed by atoms with E-state index in [1.54, 1.807) is 23.7 Å². The number of anilines is 2. The molecule has 1 aliphatic heterocycles. The number of likely N-dealkylation sites (N-methyl/N-ethyl adjacent to an activating group) is 1. The summed E-state index contributed by atoms with van der Waals surface area (Å²) in [5.41, 5.74) is 2.94. The fraction of sp³-hybridized carbons (Fsp3) is 0.346. The van der Waals surface area contributed by atoms with E-state index < -0.39 is 0 Å². The van der Waals surface area contributed by atoms with Crippen molar-refractivity contribution in [2.24, 2.45) is 0 Å². The second-order valence-corrected chi connectivity index (χ2v) is 9.93. The molecule has 1 fully saturated rings. The van der Waals surface area contributed by atoms with E-state index in [0.717, 1.165) is 66.8 Å². The Kier molecular flexibility index (Phi) is 6.99. The number of hydrogen-bond donors (Lipinski definition) is 1. The molecule has 0 spiro atoms. The van der Waals surface area contributed by atoms with Crippen molar-refractivity contribution in [3.63, 3.8) is 0 Å². The van der Waals surface area contributed by atoms with Crippen LogP contribution in [0.5, 0.6) is 11.6 Å². The highest BCUT2D eigenvalue weighted by Gasteiger charge is 2.25. The molecule has 0 amide bonds. The normalized spacial score (nSPS) is 15.1. The molecule has 8 heteroatoms. The average molecular weight is 475 g/mol. The molecule has 5 rings (SSSR count). The number of rotatable bonds is 8. The molecule has 0 bridgehead atoms. The Morgan fingerprint density at radius 2 is 1.79 bits per heavy atom. The van der Waals surface area contributed by atoms with E-state index in [2.05, 4.69) is 50.2 Å². The van der Waals surface area contributed by atoms with E-state index >= 15 is 0 Å². The van der Waals surface area contributed by atoms with Gasteiger partial charge in [0, 0.05) is 37.1 Å². The van der Waals surface area contributed by atoms with Crippen LogP contribution in [0.1, 0.15) is 24.5 Å². The Labute approximate surface area is 204 Å². The minimum Gasteiger partial charge on any atom is -0.437 e. The van der Waals surface area contributed by atoms with Gasteiger partial charge in [0.2, 0.25) is 5.88 Å². The molecular weight excluding hydrogens is 444 g/mol. The van der Waals surface area contributed by atoms with Crippen molar-refractivity contribution in [1.29, 1.82) is 0 Å². The summed E-state index contributed by atoms with van der Waals surface area (Å²) < 4.78 is 7.36. The summed E-state index contributed by atoms with van der Waals surface area (Å²) in [5.74, 6) is 1.74. The summed E-state index contributed by atoms with van der Waals surface area (Å²) in [7, 11) is 4.25. The first-order valence-electron chi connectivity index (χ1n) is 11.7. The van der Waals surface area contributed by atoms with Crippen LogP contribution in [0.15, 0.2) is 60.9 Å². The van der Waals surface area contributed by atoms with E-state index in [0.29, 0.717) is 11.8 Å². The lowest BCUT2D eigenvalue weighted by atomic mass is 9.93. The topological polar surface area (TPSA) is 66.4 Å². The Morgan fingerprint density at radius 3 is 2.56 bits per heavy atom. The number of thiazole rings is 1. The van der Waals surface area contributed by atoms with Crippen LogP contribution in [0, 0.1) is 0 Å². The van der Waals surface area contributed by atoms with Crippen LogP contribution in [0.3, 0.4) is 0 Å². The number of piperidine rings is 1. The maximum atomic E-state index is 6.19. The van der Waals surface area contributed by atoms with Crippen LogP contribution in [-0.4, -0.2) is 65.0 Å². The van der Waals surface area contributed by atoms with Gasteiger partial charge >= 0.3 is 0 Å². The number of fused-ring (bicyclic) bond motifs is 1. The van der Waals surface area contributed by atoms with Crippen LogP contribution in [0.2, 0.25) is 0 Å². The van der Waals surface area contributed by atoms with Gasteiger partial charge in [0.05, 0.1) is 10.2 Å². The third kappa shape index (κ3) is 5.52. The molecule has 1 N–H and O–H groups in total. The Hall–Kier alpha value is -3.07. The first kappa shape index (κ1) is 22.7. The van der Waals surface area contributed by atoms with E-state index in [4.69, 9.17) is 4.74 Å². The third-order valence-corrected chi connectivity index (χ3v) is 7.09. The van der Waals surface area contributed by atoms with Crippen LogP contribution >= 0.6 is 11.3 Å². The largest absolute Gasteiger partial charge is 0.437 e. The molecule has 0 aliphatic carbocycles. The van der Waals surface area contributed by atoms with Crippen molar-refractivity contribution < 1.29 is 4.74 Å². The number of benzene rings is 2. The number of nitrogens with one attached hydrogen (secondary N) is 1. The van der Waals surface area contributed by atoms with Gasteiger partial charge in [-0.3, -0.25) is 4.98 Å². The number of aromatic nitrogens is 3. The van der Waals surface area contributed by atoms with Crippen LogP contribution < -0.4 is 10.1 Å². The van der Waals surface area contributed by atoms with Crippen molar-refractivity contribution >= 4 is 32.4 Å². The molecule has 7 nitrogen and oxygen atoms in total. The van der Waals surface area contributed by atoms with E-state index in [1.165, 1.54) is 4.70 Å². The average Bonchev–Trinajstić information content (AvgIpc) is 3.27. The van der Waals surface area contributed by atoms with Crippen molar-refractivity contribution in [2.45, 2.75) is 18.8 Å². The molecule has 34 heavy (non-hydrogen) atoms. The van der Waals surface area contributed by atoms with Crippen molar-refractivity contribution in [1.82, 2.24) is 24.8 Å². The third-order valence-electron chi connectivity index (χ3n) is 6.14. The van der Waals surface area contributed by atoms with Crippen LogP contribution in [0.4, 0.5) is 10.8 Å². The highest BCUT2D eigenvalue weighted by molar-refractivity contribution is 7.22. The second-order valence-electron chi connectivity index (χ2n) is 8.90. The molecule has 0 atom stereocenters. The summed E-state index contributed by atoms with van der Waals surface area (Å²) >= 11 is 1.64. The molecular formula is C26H30N6OS. The highest BCUT2D eigenvalue weighted by Crippen LogP contribution is 2.34. The minimum absolute atomic E-state index is 0.374. The summed E-state index contributed by atoms with van der Waals surface area (Å²) in [4.78, 5) is 18.6. The second kappa shape index (κ2) is 10.5. The number of nitrogens with zero attached hydrogens (tertiary/aromatic N) is 5. The minimum atomic E-state index is 0.374. The predicted molar refractivity (Wildman–Crippen MR) is 138 cm³/mol. The van der Waals surface area contributed by atoms with Gasteiger partial charge < -0.3 is 19.9 Å². The lowest BCUT2D eigenvalue weighted by molar-refractivity contribution is 0.191. The van der Waals surface area contributed by atoms with Crippen molar-refractivity contribution in [2.75, 3.05) is 45.6 Å².